The van der Waals surface area contributed by atoms with Crippen LogP contribution in [0.2, 0.25) is 5.02 Å². The summed E-state index contributed by atoms with van der Waals surface area (Å²) < 4.78 is 0.725. The molecule has 0 spiro atoms. The molecule has 1 amide bonds. The van der Waals surface area contributed by atoms with Crippen molar-refractivity contribution >= 4 is 39.1 Å². The topological polar surface area (TPSA) is 49.3 Å². The minimum atomic E-state index is -0.256. The lowest BCUT2D eigenvalue weighted by Crippen LogP contribution is -2.12. The Morgan fingerprint density at radius 3 is 2.63 bits per heavy atom. The van der Waals surface area contributed by atoms with E-state index >= 15 is 0 Å². The fourth-order valence-corrected chi connectivity index (χ4v) is 2.38. The van der Waals surface area contributed by atoms with Gasteiger partial charge in [-0.1, -0.05) is 17.7 Å². The van der Waals surface area contributed by atoms with Crippen LogP contribution in [-0.2, 0) is 0 Å². The van der Waals surface area contributed by atoms with Crippen LogP contribution in [0, 0.1) is 6.92 Å². The van der Waals surface area contributed by atoms with E-state index in [1.807, 2.05) is 19.1 Å². The standard InChI is InChI=1S/C14H11BrClNO2/c1-8-2-4-10(11(15)6-8)14(19)17-9-3-5-12(16)13(18)7-9/h2-7,18H,1H3,(H,17,19). The number of carbonyl (C=O) groups is 1. The fraction of sp³-hybridized carbons (Fsp3) is 0.0714. The van der Waals surface area contributed by atoms with Crippen LogP contribution in [0.5, 0.6) is 5.75 Å². The van der Waals surface area contributed by atoms with E-state index in [9.17, 15) is 9.90 Å². The van der Waals surface area contributed by atoms with Crippen molar-refractivity contribution in [2.75, 3.05) is 5.32 Å². The second-order valence-electron chi connectivity index (χ2n) is 4.10. The molecule has 0 atom stereocenters. The molecule has 3 nitrogen and oxygen atoms in total. The SMILES string of the molecule is Cc1ccc(C(=O)Nc2ccc(Cl)c(O)c2)c(Br)c1. The molecule has 2 aromatic rings. The molecule has 2 rings (SSSR count). The van der Waals surface area contributed by atoms with Gasteiger partial charge in [-0.15, -0.1) is 0 Å². The Kier molecular flexibility index (Phi) is 4.12. The van der Waals surface area contributed by atoms with Crippen LogP contribution in [0.1, 0.15) is 15.9 Å². The summed E-state index contributed by atoms with van der Waals surface area (Å²) in [7, 11) is 0. The second-order valence-corrected chi connectivity index (χ2v) is 5.37. The first kappa shape index (κ1) is 13.9. The molecule has 0 fully saturated rings. The van der Waals surface area contributed by atoms with Crippen LogP contribution in [0.25, 0.3) is 0 Å². The van der Waals surface area contributed by atoms with Gasteiger partial charge >= 0.3 is 0 Å². The first-order chi connectivity index (χ1) is 8.97. The predicted octanol–water partition coefficient (Wildman–Crippen LogP) is 4.37. The normalized spacial score (nSPS) is 10.3. The highest BCUT2D eigenvalue weighted by Gasteiger charge is 2.11. The molecule has 0 aliphatic carbocycles. The number of amides is 1. The fourth-order valence-electron chi connectivity index (χ4n) is 1.59. The minimum Gasteiger partial charge on any atom is -0.506 e. The van der Waals surface area contributed by atoms with Gasteiger partial charge in [0.25, 0.3) is 5.91 Å². The van der Waals surface area contributed by atoms with E-state index in [0.29, 0.717) is 11.3 Å². The lowest BCUT2D eigenvalue weighted by Gasteiger charge is -2.08. The van der Waals surface area contributed by atoms with Crippen LogP contribution in [-0.4, -0.2) is 11.0 Å². The molecule has 0 radical (unpaired) electrons. The van der Waals surface area contributed by atoms with Gasteiger partial charge in [-0.2, -0.15) is 0 Å². The van der Waals surface area contributed by atoms with Gasteiger partial charge in [0, 0.05) is 16.2 Å². The number of rotatable bonds is 2. The van der Waals surface area contributed by atoms with Gasteiger partial charge in [0.1, 0.15) is 5.75 Å². The van der Waals surface area contributed by atoms with Crippen molar-refractivity contribution in [1.29, 1.82) is 0 Å². The van der Waals surface area contributed by atoms with Crippen LogP contribution in [0.4, 0.5) is 5.69 Å². The van der Waals surface area contributed by atoms with Crippen molar-refractivity contribution in [3.63, 3.8) is 0 Å². The number of phenolic OH excluding ortho intramolecular Hbond substituents is 1. The minimum absolute atomic E-state index is 0.0672. The molecule has 0 aliphatic heterocycles. The summed E-state index contributed by atoms with van der Waals surface area (Å²) in [4.78, 5) is 12.1. The van der Waals surface area contributed by atoms with E-state index < -0.39 is 0 Å². The van der Waals surface area contributed by atoms with Crippen molar-refractivity contribution in [2.24, 2.45) is 0 Å². The maximum atomic E-state index is 12.1. The Morgan fingerprint density at radius 2 is 2.00 bits per heavy atom. The van der Waals surface area contributed by atoms with Gasteiger partial charge in [-0.05, 0) is 52.7 Å². The van der Waals surface area contributed by atoms with E-state index in [2.05, 4.69) is 21.2 Å². The van der Waals surface area contributed by atoms with E-state index in [1.54, 1.807) is 12.1 Å². The molecular formula is C14H11BrClNO2. The number of benzene rings is 2. The predicted molar refractivity (Wildman–Crippen MR) is 79.9 cm³/mol. The monoisotopic (exact) mass is 339 g/mol. The molecular weight excluding hydrogens is 330 g/mol. The number of hydrogen-bond donors (Lipinski definition) is 2. The van der Waals surface area contributed by atoms with Gasteiger partial charge in [0.2, 0.25) is 0 Å². The molecule has 0 bridgehead atoms. The van der Waals surface area contributed by atoms with Gasteiger partial charge in [-0.3, -0.25) is 4.79 Å². The van der Waals surface area contributed by atoms with Crippen molar-refractivity contribution in [1.82, 2.24) is 0 Å². The van der Waals surface area contributed by atoms with Crippen molar-refractivity contribution < 1.29 is 9.90 Å². The molecule has 0 aliphatic rings. The Labute approximate surface area is 124 Å². The quantitative estimate of drug-likeness (QED) is 0.853. The summed E-state index contributed by atoms with van der Waals surface area (Å²) in [6, 6.07) is 10.0. The molecule has 0 saturated carbocycles. The van der Waals surface area contributed by atoms with Gasteiger partial charge < -0.3 is 10.4 Å². The maximum Gasteiger partial charge on any atom is 0.256 e. The molecule has 0 unspecified atom stereocenters. The Bertz CT molecular complexity index is 643. The molecule has 2 N–H and O–H groups in total. The van der Waals surface area contributed by atoms with Gasteiger partial charge in [0.15, 0.2) is 0 Å². The van der Waals surface area contributed by atoms with E-state index in [4.69, 9.17) is 11.6 Å². The number of carbonyl (C=O) groups excluding carboxylic acids is 1. The van der Waals surface area contributed by atoms with E-state index in [1.165, 1.54) is 12.1 Å². The summed E-state index contributed by atoms with van der Waals surface area (Å²) in [6.07, 6.45) is 0. The summed E-state index contributed by atoms with van der Waals surface area (Å²) >= 11 is 9.06. The maximum absolute atomic E-state index is 12.1. The Hall–Kier alpha value is -1.52. The first-order valence-corrected chi connectivity index (χ1v) is 6.70. The van der Waals surface area contributed by atoms with Gasteiger partial charge in [-0.25, -0.2) is 0 Å². The number of hydrogen-bond acceptors (Lipinski definition) is 2. The zero-order valence-electron chi connectivity index (χ0n) is 10.1. The third-order valence-corrected chi connectivity index (χ3v) is 3.55. The molecule has 19 heavy (non-hydrogen) atoms. The first-order valence-electron chi connectivity index (χ1n) is 5.53. The number of aryl methyl sites for hydroxylation is 1. The average Bonchev–Trinajstić information content (AvgIpc) is 2.33. The van der Waals surface area contributed by atoms with Crippen LogP contribution in [0.15, 0.2) is 40.9 Å². The summed E-state index contributed by atoms with van der Waals surface area (Å²) in [5.74, 6) is -0.323. The zero-order valence-corrected chi connectivity index (χ0v) is 12.4. The highest BCUT2D eigenvalue weighted by Crippen LogP contribution is 2.27. The third-order valence-electron chi connectivity index (χ3n) is 2.57. The number of anilines is 1. The Morgan fingerprint density at radius 1 is 1.26 bits per heavy atom. The lowest BCUT2D eigenvalue weighted by molar-refractivity contribution is 0.102. The molecule has 0 saturated heterocycles. The number of nitrogens with one attached hydrogen (secondary N) is 1. The zero-order chi connectivity index (χ0) is 14.0. The number of phenols is 1. The van der Waals surface area contributed by atoms with Crippen molar-refractivity contribution in [3.8, 4) is 5.75 Å². The lowest BCUT2D eigenvalue weighted by atomic mass is 10.1. The van der Waals surface area contributed by atoms with Crippen molar-refractivity contribution in [3.05, 3.63) is 57.0 Å². The smallest absolute Gasteiger partial charge is 0.256 e. The molecule has 0 heterocycles. The van der Waals surface area contributed by atoms with Crippen molar-refractivity contribution in [2.45, 2.75) is 6.92 Å². The largest absolute Gasteiger partial charge is 0.506 e. The molecule has 0 aromatic heterocycles. The summed E-state index contributed by atoms with van der Waals surface area (Å²) in [5.41, 5.74) is 2.08. The van der Waals surface area contributed by atoms with E-state index in [0.717, 1.165) is 10.0 Å². The van der Waals surface area contributed by atoms with E-state index in [-0.39, 0.29) is 16.7 Å². The molecule has 5 heteroatoms. The molecule has 2 aromatic carbocycles. The third kappa shape index (κ3) is 3.28. The molecule has 98 valence electrons. The number of aromatic hydroxyl groups is 1. The van der Waals surface area contributed by atoms with Gasteiger partial charge in [0.05, 0.1) is 10.6 Å². The summed E-state index contributed by atoms with van der Waals surface area (Å²) in [6.45, 7) is 1.95. The van der Waals surface area contributed by atoms with Crippen LogP contribution < -0.4 is 5.32 Å². The van der Waals surface area contributed by atoms with Crippen LogP contribution >= 0.6 is 27.5 Å². The number of halogens is 2. The van der Waals surface area contributed by atoms with Crippen LogP contribution in [0.3, 0.4) is 0 Å². The average molecular weight is 341 g/mol. The second kappa shape index (κ2) is 5.63. The highest BCUT2D eigenvalue weighted by atomic mass is 79.9. The Balaban J connectivity index is 2.23. The summed E-state index contributed by atoms with van der Waals surface area (Å²) in [5, 5.41) is 12.4. The highest BCUT2D eigenvalue weighted by molar-refractivity contribution is 9.10.